The van der Waals surface area contributed by atoms with Gasteiger partial charge in [0.2, 0.25) is 0 Å². The molecule has 6 heteroatoms. The fourth-order valence-corrected chi connectivity index (χ4v) is 4.27. The number of nitrogens with zero attached hydrogens (tertiary/aromatic N) is 1. The van der Waals surface area contributed by atoms with Crippen molar-refractivity contribution in [1.29, 1.82) is 0 Å². The molecule has 0 fully saturated rings. The van der Waals surface area contributed by atoms with Gasteiger partial charge in [-0.25, -0.2) is 9.78 Å². The van der Waals surface area contributed by atoms with E-state index < -0.39 is 5.97 Å². The maximum Gasteiger partial charge on any atom is 0.349 e. The Bertz CT molecular complexity index is 1010. The van der Waals surface area contributed by atoms with E-state index in [9.17, 15) is 4.79 Å². The first-order valence-electron chi connectivity index (χ1n) is 9.13. The van der Waals surface area contributed by atoms with Crippen LogP contribution in [-0.2, 0) is 11.2 Å². The highest BCUT2D eigenvalue weighted by Crippen LogP contribution is 2.39. The van der Waals surface area contributed by atoms with Crippen LogP contribution in [0.5, 0.6) is 16.7 Å². The second-order valence-electron chi connectivity index (χ2n) is 6.80. The molecule has 1 aromatic heterocycles. The third-order valence-electron chi connectivity index (χ3n) is 4.92. The van der Waals surface area contributed by atoms with E-state index in [-0.39, 0.29) is 6.10 Å². The molecule has 2 heterocycles. The van der Waals surface area contributed by atoms with Crippen molar-refractivity contribution in [2.45, 2.75) is 32.8 Å². The Morgan fingerprint density at radius 2 is 2.00 bits per heavy atom. The number of hydrogen-bond donors (Lipinski definition) is 0. The van der Waals surface area contributed by atoms with E-state index in [0.717, 1.165) is 35.5 Å². The largest absolute Gasteiger partial charge is 0.485 e. The molecule has 2 aromatic carbocycles. The van der Waals surface area contributed by atoms with Gasteiger partial charge in [-0.2, -0.15) is 0 Å². The third kappa shape index (κ3) is 3.60. The molecule has 0 aliphatic carbocycles. The molecule has 3 aromatic rings. The van der Waals surface area contributed by atoms with Gasteiger partial charge in [-0.05, 0) is 67.1 Å². The Hall–Kier alpha value is -2.86. The Morgan fingerprint density at radius 1 is 1.21 bits per heavy atom. The molecular formula is C22H21NO4S. The van der Waals surface area contributed by atoms with Crippen molar-refractivity contribution in [2.24, 2.45) is 0 Å². The third-order valence-corrected chi connectivity index (χ3v) is 5.77. The van der Waals surface area contributed by atoms with E-state index in [1.165, 1.54) is 30.0 Å². The number of aryl methyl sites for hydroxylation is 3. The summed E-state index contributed by atoms with van der Waals surface area (Å²) >= 11 is 1.16. The average Bonchev–Trinajstić information content (AvgIpc) is 3.16. The van der Waals surface area contributed by atoms with Crippen LogP contribution in [0.2, 0.25) is 0 Å². The number of carbonyl (C=O) groups is 1. The monoisotopic (exact) mass is 395 g/mol. The summed E-state index contributed by atoms with van der Waals surface area (Å²) in [5.74, 6) is 1.16. The molecule has 0 N–H and O–H groups in total. The molecule has 28 heavy (non-hydrogen) atoms. The first-order valence-corrected chi connectivity index (χ1v) is 9.94. The van der Waals surface area contributed by atoms with Crippen molar-refractivity contribution in [3.63, 3.8) is 0 Å². The highest BCUT2D eigenvalue weighted by Gasteiger charge is 2.24. The van der Waals surface area contributed by atoms with Crippen LogP contribution in [0.4, 0.5) is 0 Å². The number of thiazole rings is 1. The predicted octanol–water partition coefficient (Wildman–Crippen LogP) is 5.41. The molecule has 144 valence electrons. The van der Waals surface area contributed by atoms with Crippen molar-refractivity contribution in [1.82, 2.24) is 4.98 Å². The summed E-state index contributed by atoms with van der Waals surface area (Å²) in [6, 6.07) is 12.1. The van der Waals surface area contributed by atoms with E-state index in [0.29, 0.717) is 15.8 Å². The lowest BCUT2D eigenvalue weighted by Crippen LogP contribution is -2.17. The van der Waals surface area contributed by atoms with Crippen LogP contribution in [0.25, 0.3) is 0 Å². The molecule has 1 aliphatic heterocycles. The minimum atomic E-state index is -0.413. The van der Waals surface area contributed by atoms with Crippen LogP contribution in [0.15, 0.2) is 42.6 Å². The molecule has 0 amide bonds. The van der Waals surface area contributed by atoms with Crippen molar-refractivity contribution in [3.8, 4) is 16.7 Å². The number of fused-ring (bicyclic) bond motifs is 1. The van der Waals surface area contributed by atoms with Gasteiger partial charge >= 0.3 is 5.97 Å². The first-order chi connectivity index (χ1) is 13.5. The fraction of sp³-hybridized carbons (Fsp3) is 0.273. The van der Waals surface area contributed by atoms with Crippen molar-refractivity contribution < 1.29 is 19.0 Å². The standard InChI is InChI=1S/C22H21NO4S/c1-13-5-4-6-14(2)20(13)18-9-7-15-11-16(8-10-17(15)27-18)26-22-23-12-19(28-22)21(24)25-3/h4-6,8,10-12,18H,7,9H2,1-3H3. The maximum absolute atomic E-state index is 11.5. The Labute approximate surface area is 167 Å². The zero-order valence-electron chi connectivity index (χ0n) is 16.0. The predicted molar refractivity (Wildman–Crippen MR) is 108 cm³/mol. The minimum absolute atomic E-state index is 0.0713. The summed E-state index contributed by atoms with van der Waals surface area (Å²) in [6.45, 7) is 4.27. The van der Waals surface area contributed by atoms with Gasteiger partial charge in [0.25, 0.3) is 5.19 Å². The van der Waals surface area contributed by atoms with Crippen molar-refractivity contribution in [2.75, 3.05) is 7.11 Å². The molecular weight excluding hydrogens is 374 g/mol. The normalized spacial score (nSPS) is 15.5. The van der Waals surface area contributed by atoms with Crippen molar-refractivity contribution in [3.05, 3.63) is 69.7 Å². The van der Waals surface area contributed by atoms with Gasteiger partial charge in [0.1, 0.15) is 22.5 Å². The van der Waals surface area contributed by atoms with Gasteiger partial charge in [-0.15, -0.1) is 0 Å². The molecule has 4 rings (SSSR count). The Morgan fingerprint density at radius 3 is 2.75 bits per heavy atom. The van der Waals surface area contributed by atoms with E-state index >= 15 is 0 Å². The second kappa shape index (κ2) is 7.64. The number of methoxy groups -OCH3 is 1. The molecule has 1 aliphatic rings. The molecule has 5 nitrogen and oxygen atoms in total. The summed E-state index contributed by atoms with van der Waals surface area (Å²) in [7, 11) is 1.34. The Balaban J connectivity index is 1.51. The molecule has 0 bridgehead atoms. The van der Waals surface area contributed by atoms with Crippen LogP contribution in [0.3, 0.4) is 0 Å². The molecule has 0 radical (unpaired) electrons. The van der Waals surface area contributed by atoms with Gasteiger partial charge in [0.15, 0.2) is 0 Å². The van der Waals surface area contributed by atoms with Crippen LogP contribution >= 0.6 is 11.3 Å². The zero-order valence-corrected chi connectivity index (χ0v) is 16.8. The lowest BCUT2D eigenvalue weighted by atomic mass is 9.92. The SMILES string of the molecule is COC(=O)c1cnc(Oc2ccc3c(c2)CCC(c2c(C)cccc2C)O3)s1. The van der Waals surface area contributed by atoms with Crippen molar-refractivity contribution >= 4 is 17.3 Å². The van der Waals surface area contributed by atoms with E-state index in [2.05, 4.69) is 37.0 Å². The van der Waals surface area contributed by atoms with Gasteiger partial charge in [-0.3, -0.25) is 0 Å². The smallest absolute Gasteiger partial charge is 0.349 e. The lowest BCUT2D eigenvalue weighted by molar-refractivity contribution is 0.0606. The summed E-state index contributed by atoms with van der Waals surface area (Å²) in [5.41, 5.74) is 4.92. The lowest BCUT2D eigenvalue weighted by Gasteiger charge is -2.28. The zero-order chi connectivity index (χ0) is 19.7. The number of rotatable bonds is 4. The molecule has 0 saturated heterocycles. The summed E-state index contributed by atoms with van der Waals surface area (Å²) in [4.78, 5) is 16.1. The molecule has 0 saturated carbocycles. The van der Waals surface area contributed by atoms with E-state index in [1.807, 2.05) is 18.2 Å². The van der Waals surface area contributed by atoms with Gasteiger partial charge in [-0.1, -0.05) is 29.5 Å². The summed E-state index contributed by atoms with van der Waals surface area (Å²) in [5, 5.41) is 0.408. The van der Waals surface area contributed by atoms with Crippen LogP contribution < -0.4 is 9.47 Å². The summed E-state index contributed by atoms with van der Waals surface area (Å²) in [6.07, 6.45) is 3.37. The Kier molecular flexibility index (Phi) is 5.05. The quantitative estimate of drug-likeness (QED) is 0.553. The van der Waals surface area contributed by atoms with Gasteiger partial charge in [0.05, 0.1) is 13.3 Å². The van der Waals surface area contributed by atoms with Crippen LogP contribution in [0.1, 0.15) is 44.5 Å². The molecule has 0 spiro atoms. The van der Waals surface area contributed by atoms with Crippen LogP contribution in [-0.4, -0.2) is 18.1 Å². The minimum Gasteiger partial charge on any atom is -0.485 e. The molecule has 1 atom stereocenters. The number of benzene rings is 2. The topological polar surface area (TPSA) is 57.7 Å². The molecule has 1 unspecified atom stereocenters. The highest BCUT2D eigenvalue weighted by atomic mass is 32.1. The highest BCUT2D eigenvalue weighted by molar-refractivity contribution is 7.15. The number of hydrogen-bond acceptors (Lipinski definition) is 6. The number of carbonyl (C=O) groups excluding carboxylic acids is 1. The van der Waals surface area contributed by atoms with Gasteiger partial charge in [0, 0.05) is 0 Å². The van der Waals surface area contributed by atoms with Gasteiger partial charge < -0.3 is 14.2 Å². The maximum atomic E-state index is 11.5. The number of esters is 1. The van der Waals surface area contributed by atoms with Crippen LogP contribution in [0, 0.1) is 13.8 Å². The first kappa shape index (κ1) is 18.5. The van der Waals surface area contributed by atoms with E-state index in [1.54, 1.807) is 0 Å². The number of aromatic nitrogens is 1. The average molecular weight is 395 g/mol. The second-order valence-corrected chi connectivity index (χ2v) is 7.80. The number of ether oxygens (including phenoxy) is 3. The van der Waals surface area contributed by atoms with E-state index in [4.69, 9.17) is 14.2 Å². The summed E-state index contributed by atoms with van der Waals surface area (Å²) < 4.78 is 16.8. The fourth-order valence-electron chi connectivity index (χ4n) is 3.57.